The average Bonchev–Trinajstić information content (AvgIpc) is 2.27. The maximum atomic E-state index is 12.8. The van der Waals surface area contributed by atoms with E-state index in [1.54, 1.807) is 4.98 Å². The highest BCUT2D eigenvalue weighted by atomic mass is 19.4. The van der Waals surface area contributed by atoms with Crippen LogP contribution in [0, 0.1) is 5.95 Å². The van der Waals surface area contributed by atoms with E-state index >= 15 is 0 Å². The molecule has 0 bridgehead atoms. The number of hydrogen-bond acceptors (Lipinski definition) is 3. The SMILES string of the molecule is O=c1[nH]c(C(F)(F)F)ccc1-c1cc(F)ncn1. The van der Waals surface area contributed by atoms with Crippen LogP contribution in [0.5, 0.6) is 0 Å². The van der Waals surface area contributed by atoms with E-state index in [1.807, 2.05) is 0 Å². The minimum absolute atomic E-state index is 0.0857. The number of aromatic amines is 1. The van der Waals surface area contributed by atoms with E-state index in [4.69, 9.17) is 0 Å². The molecule has 0 amide bonds. The fraction of sp³-hybridized carbons (Fsp3) is 0.100. The van der Waals surface area contributed by atoms with Crippen LogP contribution in [0.2, 0.25) is 0 Å². The van der Waals surface area contributed by atoms with Crippen molar-refractivity contribution in [1.29, 1.82) is 0 Å². The highest BCUT2D eigenvalue weighted by Crippen LogP contribution is 2.27. The van der Waals surface area contributed by atoms with Crippen LogP contribution < -0.4 is 5.56 Å². The standard InChI is InChI=1S/C10H5F4N3O/c11-8-3-6(15-4-16-8)5-1-2-7(10(12,13)14)17-9(5)18/h1-4H,(H,17,18). The molecule has 18 heavy (non-hydrogen) atoms. The lowest BCUT2D eigenvalue weighted by atomic mass is 10.2. The molecule has 8 heteroatoms. The lowest BCUT2D eigenvalue weighted by Gasteiger charge is -2.06. The number of H-pyrrole nitrogens is 1. The van der Waals surface area contributed by atoms with E-state index in [0.717, 1.165) is 18.5 Å². The summed E-state index contributed by atoms with van der Waals surface area (Å²) in [5, 5.41) is 0. The quantitative estimate of drug-likeness (QED) is 0.629. The van der Waals surface area contributed by atoms with Gasteiger partial charge in [-0.3, -0.25) is 4.79 Å². The van der Waals surface area contributed by atoms with E-state index < -0.39 is 23.4 Å². The summed E-state index contributed by atoms with van der Waals surface area (Å²) >= 11 is 0. The molecule has 0 saturated heterocycles. The zero-order valence-electron chi connectivity index (χ0n) is 8.62. The molecule has 0 spiro atoms. The fourth-order valence-electron chi connectivity index (χ4n) is 1.32. The number of pyridine rings is 1. The molecule has 0 unspecified atom stereocenters. The zero-order chi connectivity index (χ0) is 13.3. The molecule has 0 aliphatic rings. The molecule has 0 radical (unpaired) electrons. The molecule has 1 N–H and O–H groups in total. The molecule has 0 aromatic carbocycles. The molecule has 4 nitrogen and oxygen atoms in total. The molecule has 94 valence electrons. The van der Waals surface area contributed by atoms with Crippen LogP contribution in [0.15, 0.2) is 29.3 Å². The summed E-state index contributed by atoms with van der Waals surface area (Å²) < 4.78 is 49.7. The summed E-state index contributed by atoms with van der Waals surface area (Å²) in [6.45, 7) is 0. The van der Waals surface area contributed by atoms with E-state index in [2.05, 4.69) is 9.97 Å². The van der Waals surface area contributed by atoms with Crippen LogP contribution >= 0.6 is 0 Å². The Bertz CT molecular complexity index is 636. The molecule has 0 aliphatic carbocycles. The Hall–Kier alpha value is -2.25. The number of hydrogen-bond donors (Lipinski definition) is 1. The van der Waals surface area contributed by atoms with Gasteiger partial charge in [-0.25, -0.2) is 9.97 Å². The Morgan fingerprint density at radius 1 is 1.17 bits per heavy atom. The molecular weight excluding hydrogens is 254 g/mol. The second kappa shape index (κ2) is 4.21. The van der Waals surface area contributed by atoms with E-state index in [9.17, 15) is 22.4 Å². The van der Waals surface area contributed by atoms with E-state index in [1.165, 1.54) is 0 Å². The number of rotatable bonds is 1. The van der Waals surface area contributed by atoms with Crippen LogP contribution in [0.3, 0.4) is 0 Å². The van der Waals surface area contributed by atoms with Gasteiger partial charge in [0.05, 0.1) is 11.3 Å². The van der Waals surface area contributed by atoms with Crippen molar-refractivity contribution in [3.8, 4) is 11.3 Å². The molecule has 2 heterocycles. The third kappa shape index (κ3) is 2.36. The summed E-state index contributed by atoms with van der Waals surface area (Å²) in [5.41, 5.74) is -2.42. The molecule has 2 aromatic heterocycles. The summed E-state index contributed by atoms with van der Waals surface area (Å²) in [7, 11) is 0. The van der Waals surface area contributed by atoms with Crippen molar-refractivity contribution >= 4 is 0 Å². The number of nitrogens with one attached hydrogen (secondary N) is 1. The Kier molecular flexibility index (Phi) is 2.85. The summed E-state index contributed by atoms with van der Waals surface area (Å²) in [6.07, 6.45) is -3.77. The summed E-state index contributed by atoms with van der Waals surface area (Å²) in [6, 6.07) is 2.48. The van der Waals surface area contributed by atoms with Crippen LogP contribution in [0.1, 0.15) is 5.69 Å². The van der Waals surface area contributed by atoms with Crippen molar-refractivity contribution in [1.82, 2.24) is 15.0 Å². The first-order chi connectivity index (χ1) is 8.38. The predicted molar refractivity (Wildman–Crippen MR) is 53.0 cm³/mol. The summed E-state index contributed by atoms with van der Waals surface area (Å²) in [5.74, 6) is -0.876. The number of nitrogens with zero attached hydrogens (tertiary/aromatic N) is 2. The minimum Gasteiger partial charge on any atom is -0.318 e. The second-order valence-electron chi connectivity index (χ2n) is 3.34. The minimum atomic E-state index is -4.64. The normalized spacial score (nSPS) is 11.6. The van der Waals surface area contributed by atoms with Gasteiger partial charge in [-0.15, -0.1) is 0 Å². The first-order valence-corrected chi connectivity index (χ1v) is 4.66. The van der Waals surface area contributed by atoms with Gasteiger partial charge < -0.3 is 4.98 Å². The van der Waals surface area contributed by atoms with Crippen molar-refractivity contribution in [2.45, 2.75) is 6.18 Å². The van der Waals surface area contributed by atoms with Crippen LogP contribution in [0.4, 0.5) is 17.6 Å². The van der Waals surface area contributed by atoms with Gasteiger partial charge >= 0.3 is 6.18 Å². The monoisotopic (exact) mass is 259 g/mol. The topological polar surface area (TPSA) is 58.6 Å². The molecule has 0 atom stereocenters. The van der Waals surface area contributed by atoms with Gasteiger partial charge in [-0.1, -0.05) is 0 Å². The van der Waals surface area contributed by atoms with Crippen LogP contribution in [-0.2, 0) is 6.18 Å². The molecule has 0 fully saturated rings. The maximum absolute atomic E-state index is 12.8. The third-order valence-corrected chi connectivity index (χ3v) is 2.12. The first-order valence-electron chi connectivity index (χ1n) is 4.66. The predicted octanol–water partition coefficient (Wildman–Crippen LogP) is 1.99. The molecular formula is C10H5F4N3O. The smallest absolute Gasteiger partial charge is 0.318 e. The highest BCUT2D eigenvalue weighted by Gasteiger charge is 2.32. The number of aromatic nitrogens is 3. The Labute approximate surface area is 97.3 Å². The number of halogens is 4. The second-order valence-corrected chi connectivity index (χ2v) is 3.34. The fourth-order valence-corrected chi connectivity index (χ4v) is 1.32. The van der Waals surface area contributed by atoms with Crippen LogP contribution in [0.25, 0.3) is 11.3 Å². The lowest BCUT2D eigenvalue weighted by molar-refractivity contribution is -0.141. The molecule has 0 saturated carbocycles. The summed E-state index contributed by atoms with van der Waals surface area (Å²) in [4.78, 5) is 19.9. The third-order valence-electron chi connectivity index (χ3n) is 2.12. The first kappa shape index (κ1) is 12.2. The largest absolute Gasteiger partial charge is 0.431 e. The molecule has 2 aromatic rings. The van der Waals surface area contributed by atoms with Gasteiger partial charge in [-0.2, -0.15) is 17.6 Å². The number of alkyl halides is 3. The van der Waals surface area contributed by atoms with Crippen LogP contribution in [-0.4, -0.2) is 15.0 Å². The molecule has 2 rings (SSSR count). The van der Waals surface area contributed by atoms with Gasteiger partial charge in [0.2, 0.25) is 5.95 Å². The van der Waals surface area contributed by atoms with Crippen molar-refractivity contribution in [3.05, 3.63) is 46.5 Å². The van der Waals surface area contributed by atoms with Gasteiger partial charge in [0.1, 0.15) is 12.0 Å². The van der Waals surface area contributed by atoms with Crippen molar-refractivity contribution in [3.63, 3.8) is 0 Å². The highest BCUT2D eigenvalue weighted by molar-refractivity contribution is 5.57. The Balaban J connectivity index is 2.52. The van der Waals surface area contributed by atoms with Crippen molar-refractivity contribution < 1.29 is 17.6 Å². The van der Waals surface area contributed by atoms with Crippen molar-refractivity contribution in [2.24, 2.45) is 0 Å². The molecule has 0 aliphatic heterocycles. The van der Waals surface area contributed by atoms with Gasteiger partial charge in [0.25, 0.3) is 5.56 Å². The Morgan fingerprint density at radius 3 is 2.44 bits per heavy atom. The van der Waals surface area contributed by atoms with E-state index in [0.29, 0.717) is 6.07 Å². The Morgan fingerprint density at radius 2 is 1.89 bits per heavy atom. The maximum Gasteiger partial charge on any atom is 0.431 e. The van der Waals surface area contributed by atoms with Crippen molar-refractivity contribution in [2.75, 3.05) is 0 Å². The average molecular weight is 259 g/mol. The zero-order valence-corrected chi connectivity index (χ0v) is 8.62. The van der Waals surface area contributed by atoms with E-state index in [-0.39, 0.29) is 11.3 Å². The van der Waals surface area contributed by atoms with Gasteiger partial charge in [-0.05, 0) is 12.1 Å². The van der Waals surface area contributed by atoms with Gasteiger partial charge in [0.15, 0.2) is 0 Å². The van der Waals surface area contributed by atoms with Gasteiger partial charge in [0, 0.05) is 6.07 Å². The lowest BCUT2D eigenvalue weighted by Crippen LogP contribution is -2.17.